The quantitative estimate of drug-likeness (QED) is 0.650. The number of carbonyl (C=O) groups excluding carboxylic acids is 2. The molecule has 0 bridgehead atoms. The van der Waals surface area contributed by atoms with E-state index in [2.05, 4.69) is 23.5 Å². The summed E-state index contributed by atoms with van der Waals surface area (Å²) in [5.41, 5.74) is 3.91. The van der Waals surface area contributed by atoms with Crippen LogP contribution in [0.25, 0.3) is 0 Å². The molecule has 1 fully saturated rings. The Morgan fingerprint density at radius 3 is 2.13 bits per heavy atom. The Morgan fingerprint density at radius 2 is 1.42 bits per heavy atom. The molecule has 2 amide bonds. The number of amides is 2. The number of carbonyl (C=O) groups is 2. The van der Waals surface area contributed by atoms with Crippen molar-refractivity contribution in [2.75, 3.05) is 38.0 Å². The zero-order valence-electron chi connectivity index (χ0n) is 17.6. The Labute approximate surface area is 183 Å². The maximum atomic E-state index is 12.7. The van der Waals surface area contributed by atoms with Crippen molar-refractivity contribution in [2.24, 2.45) is 0 Å². The van der Waals surface area contributed by atoms with Gasteiger partial charge in [0, 0.05) is 11.3 Å². The smallest absolute Gasteiger partial charge is 0.279 e. The second-order valence-electron chi connectivity index (χ2n) is 7.95. The topological polar surface area (TPSA) is 53.9 Å². The molecule has 1 aliphatic rings. The molecule has 0 unspecified atom stereocenters. The van der Waals surface area contributed by atoms with Crippen LogP contribution in [0.4, 0.5) is 5.69 Å². The fourth-order valence-electron chi connectivity index (χ4n) is 4.00. The van der Waals surface area contributed by atoms with Crippen molar-refractivity contribution in [1.29, 1.82) is 0 Å². The maximum Gasteiger partial charge on any atom is 0.279 e. The molecule has 5 nitrogen and oxygen atoms in total. The summed E-state index contributed by atoms with van der Waals surface area (Å²) >= 11 is 0. The Kier molecular flexibility index (Phi) is 6.75. The Hall–Kier alpha value is -3.44. The van der Waals surface area contributed by atoms with Crippen LogP contribution in [0.3, 0.4) is 0 Å². The van der Waals surface area contributed by atoms with Crippen LogP contribution in [0, 0.1) is 0 Å². The van der Waals surface area contributed by atoms with E-state index in [1.807, 2.05) is 71.6 Å². The Bertz CT molecular complexity index is 1010. The van der Waals surface area contributed by atoms with Crippen LogP contribution in [-0.4, -0.2) is 49.4 Å². The van der Waals surface area contributed by atoms with Gasteiger partial charge in [0.2, 0.25) is 0 Å². The lowest BCUT2D eigenvalue weighted by molar-refractivity contribution is -0.895. The Morgan fingerprint density at radius 1 is 0.806 bits per heavy atom. The molecule has 3 aromatic rings. The van der Waals surface area contributed by atoms with E-state index in [1.54, 1.807) is 0 Å². The molecule has 0 spiro atoms. The van der Waals surface area contributed by atoms with Gasteiger partial charge in [0.15, 0.2) is 6.54 Å². The van der Waals surface area contributed by atoms with Crippen molar-refractivity contribution in [1.82, 2.24) is 4.90 Å². The first-order valence-corrected chi connectivity index (χ1v) is 10.8. The molecular formula is C26H28N3O2+. The highest BCUT2D eigenvalue weighted by molar-refractivity contribution is 5.94. The number of nitrogens with zero attached hydrogens (tertiary/aromatic N) is 1. The minimum absolute atomic E-state index is 0.0124. The van der Waals surface area contributed by atoms with Gasteiger partial charge in [-0.15, -0.1) is 0 Å². The van der Waals surface area contributed by atoms with Crippen molar-refractivity contribution in [3.8, 4) is 0 Å². The molecule has 0 aromatic heterocycles. The van der Waals surface area contributed by atoms with E-state index in [0.717, 1.165) is 36.3 Å². The average Bonchev–Trinajstić information content (AvgIpc) is 2.82. The Balaban J connectivity index is 1.30. The molecule has 0 radical (unpaired) electrons. The van der Waals surface area contributed by atoms with Crippen LogP contribution < -0.4 is 10.2 Å². The van der Waals surface area contributed by atoms with Crippen LogP contribution in [-0.2, 0) is 11.2 Å². The molecule has 0 atom stereocenters. The summed E-state index contributed by atoms with van der Waals surface area (Å²) < 4.78 is 0. The third-order valence-corrected chi connectivity index (χ3v) is 5.72. The van der Waals surface area contributed by atoms with Gasteiger partial charge < -0.3 is 15.1 Å². The van der Waals surface area contributed by atoms with Gasteiger partial charge in [-0.05, 0) is 35.7 Å². The SMILES string of the molecule is O=C(C[NH+]1CCN(C(=O)c2ccccc2)CC1)Nc1ccccc1Cc1ccccc1. The van der Waals surface area contributed by atoms with Crippen LogP contribution in [0.2, 0.25) is 0 Å². The molecule has 1 aliphatic heterocycles. The number of benzene rings is 3. The second kappa shape index (κ2) is 10.0. The molecule has 3 aromatic carbocycles. The van der Waals surface area contributed by atoms with E-state index >= 15 is 0 Å². The first-order valence-electron chi connectivity index (χ1n) is 10.8. The summed E-state index contributed by atoms with van der Waals surface area (Å²) in [6.07, 6.45) is 0.782. The second-order valence-corrected chi connectivity index (χ2v) is 7.95. The fraction of sp³-hybridized carbons (Fsp3) is 0.231. The lowest BCUT2D eigenvalue weighted by Crippen LogP contribution is -3.15. The van der Waals surface area contributed by atoms with E-state index in [-0.39, 0.29) is 11.8 Å². The summed E-state index contributed by atoms with van der Waals surface area (Å²) in [5.74, 6) is 0.0808. The zero-order chi connectivity index (χ0) is 21.5. The number of para-hydroxylation sites is 1. The highest BCUT2D eigenvalue weighted by Gasteiger charge is 2.26. The van der Waals surface area contributed by atoms with Crippen molar-refractivity contribution < 1.29 is 14.5 Å². The summed E-state index contributed by atoms with van der Waals surface area (Å²) in [5, 5.41) is 3.10. The van der Waals surface area contributed by atoms with E-state index in [0.29, 0.717) is 19.6 Å². The maximum absolute atomic E-state index is 12.7. The van der Waals surface area contributed by atoms with Gasteiger partial charge in [0.1, 0.15) is 0 Å². The van der Waals surface area contributed by atoms with Crippen LogP contribution in [0.1, 0.15) is 21.5 Å². The summed E-state index contributed by atoms with van der Waals surface area (Å²) in [6.45, 7) is 3.30. The standard InChI is InChI=1S/C26H27N3O2/c30-25(27-24-14-8-7-13-23(24)19-21-9-3-1-4-10-21)20-28-15-17-29(18-16-28)26(31)22-11-5-2-6-12-22/h1-14H,15-20H2,(H,27,30)/p+1. The van der Waals surface area contributed by atoms with E-state index in [1.165, 1.54) is 10.5 Å². The van der Waals surface area contributed by atoms with Gasteiger partial charge in [-0.3, -0.25) is 9.59 Å². The number of nitrogens with one attached hydrogen (secondary N) is 2. The first-order chi connectivity index (χ1) is 15.2. The number of quaternary nitrogens is 1. The van der Waals surface area contributed by atoms with Crippen LogP contribution >= 0.6 is 0 Å². The van der Waals surface area contributed by atoms with E-state index in [4.69, 9.17) is 0 Å². The molecule has 2 N–H and O–H groups in total. The van der Waals surface area contributed by atoms with E-state index < -0.39 is 0 Å². The normalized spacial score (nSPS) is 14.3. The number of piperazine rings is 1. The zero-order valence-corrected chi connectivity index (χ0v) is 17.6. The predicted molar refractivity (Wildman–Crippen MR) is 122 cm³/mol. The molecule has 1 heterocycles. The van der Waals surface area contributed by atoms with Gasteiger partial charge >= 0.3 is 0 Å². The van der Waals surface area contributed by atoms with Crippen molar-refractivity contribution in [3.05, 3.63) is 102 Å². The van der Waals surface area contributed by atoms with Crippen LogP contribution in [0.15, 0.2) is 84.9 Å². The van der Waals surface area contributed by atoms with Crippen molar-refractivity contribution in [2.45, 2.75) is 6.42 Å². The van der Waals surface area contributed by atoms with Gasteiger partial charge in [-0.1, -0.05) is 66.7 Å². The number of rotatable bonds is 6. The van der Waals surface area contributed by atoms with Crippen molar-refractivity contribution in [3.63, 3.8) is 0 Å². The van der Waals surface area contributed by atoms with Crippen molar-refractivity contribution >= 4 is 17.5 Å². The summed E-state index contributed by atoms with van der Waals surface area (Å²) in [7, 11) is 0. The molecule has 0 saturated carbocycles. The lowest BCUT2D eigenvalue weighted by Gasteiger charge is -2.32. The van der Waals surface area contributed by atoms with E-state index in [9.17, 15) is 9.59 Å². The summed E-state index contributed by atoms with van der Waals surface area (Å²) in [6, 6.07) is 27.6. The van der Waals surface area contributed by atoms with Gasteiger partial charge in [-0.2, -0.15) is 0 Å². The van der Waals surface area contributed by atoms with Gasteiger partial charge in [-0.25, -0.2) is 0 Å². The minimum Gasteiger partial charge on any atom is -0.327 e. The average molecular weight is 415 g/mol. The minimum atomic E-state index is 0.0124. The van der Waals surface area contributed by atoms with Gasteiger partial charge in [0.25, 0.3) is 11.8 Å². The largest absolute Gasteiger partial charge is 0.327 e. The molecule has 1 saturated heterocycles. The molecular weight excluding hydrogens is 386 g/mol. The predicted octanol–water partition coefficient (Wildman–Crippen LogP) is 2.26. The molecule has 31 heavy (non-hydrogen) atoms. The fourth-order valence-corrected chi connectivity index (χ4v) is 4.00. The van der Waals surface area contributed by atoms with Crippen LogP contribution in [0.5, 0.6) is 0 Å². The molecule has 158 valence electrons. The lowest BCUT2D eigenvalue weighted by atomic mass is 10.0. The molecule has 0 aliphatic carbocycles. The third-order valence-electron chi connectivity index (χ3n) is 5.72. The number of hydrogen-bond acceptors (Lipinski definition) is 2. The number of anilines is 1. The highest BCUT2D eigenvalue weighted by atomic mass is 16.2. The summed E-state index contributed by atoms with van der Waals surface area (Å²) in [4.78, 5) is 28.4. The third kappa shape index (κ3) is 5.58. The monoisotopic (exact) mass is 414 g/mol. The first kappa shape index (κ1) is 20.8. The number of hydrogen-bond donors (Lipinski definition) is 2. The molecule has 5 heteroatoms. The van der Waals surface area contributed by atoms with Gasteiger partial charge in [0.05, 0.1) is 26.2 Å². The molecule has 4 rings (SSSR count). The highest BCUT2D eigenvalue weighted by Crippen LogP contribution is 2.19.